The molecule has 0 aromatic heterocycles. The molecule has 2 fully saturated rings. The van der Waals surface area contributed by atoms with Crippen LogP contribution in [0.5, 0.6) is 0 Å². The van der Waals surface area contributed by atoms with E-state index in [1.54, 1.807) is 13.8 Å². The molecule has 0 heterocycles. The fraction of sp³-hybridized carbons (Fsp3) is 0.825. The van der Waals surface area contributed by atoms with Gasteiger partial charge < -0.3 is 62.1 Å². The summed E-state index contributed by atoms with van der Waals surface area (Å²) in [6, 6.07) is 2.27. The lowest BCUT2D eigenvalue weighted by molar-refractivity contribution is -0.150. The second-order valence-electron chi connectivity index (χ2n) is 25.0. The van der Waals surface area contributed by atoms with Crippen molar-refractivity contribution >= 4 is 61.3 Å². The molecule has 0 radical (unpaired) electrons. The van der Waals surface area contributed by atoms with Crippen molar-refractivity contribution < 1.29 is 74.9 Å². The van der Waals surface area contributed by atoms with E-state index >= 15 is 0 Å². The Balaban J connectivity index is 0. The van der Waals surface area contributed by atoms with Crippen LogP contribution in [0.3, 0.4) is 0 Å². The van der Waals surface area contributed by atoms with Gasteiger partial charge in [0.2, 0.25) is 0 Å². The molecule has 462 valence electrons. The first-order valence-electron chi connectivity index (χ1n) is 27.5. The van der Waals surface area contributed by atoms with Crippen LogP contribution in [0.15, 0.2) is 24.3 Å². The number of hydrogen-bond acceptors (Lipinski definition) is 17. The topological polar surface area (TPSA) is 231 Å². The van der Waals surface area contributed by atoms with Gasteiger partial charge in [0.05, 0.1) is 13.2 Å². The standard InChI is InChI=1S/C36H70N2O12Si3.C19H33NO4.2CH4/c1-29(2)32(40)46-21-22-47-33(41)37-28-36(6)26-31(25-35(4,5)27-36)38-34(42)48-20-18-44-16-14-24-52(9,10)50-53(11,12)49-51(7,8)23-13-15-43-17-19-45-30(3)39;1-14(2)17(22)24-10-9-23-16(21)7-8-19(5)12-15(20-6)11-18(3,4)13-19;;/h31H,1,13-28H2,2-12H3,(H,37,41)(H,38,42);15,20H,1,7-13H2,2-6H3;2*1H4. The van der Waals surface area contributed by atoms with Crippen molar-refractivity contribution in [3.8, 4) is 0 Å². The summed E-state index contributed by atoms with van der Waals surface area (Å²) in [7, 11) is -4.28. The zero-order chi connectivity index (χ0) is 58.7. The minimum atomic E-state index is -2.34. The number of ether oxygens (including phenoxy) is 8. The van der Waals surface area contributed by atoms with Crippen LogP contribution in [-0.4, -0.2) is 153 Å². The van der Waals surface area contributed by atoms with Gasteiger partial charge in [-0.25, -0.2) is 19.2 Å². The SMILES string of the molecule is C.C.C=C(C)C(=O)OCCOC(=O)CCC1(C)CC(NC)CC(C)(C)C1.C=C(C)C(=O)OCCOC(=O)NCC1(C)CC(NC(=O)OCCOCCC[Si](C)(C)O[Si](C)(C)O[Si](C)(C)CCCOCCOC(C)=O)CC(C)(C)C1. The maximum Gasteiger partial charge on any atom is 0.407 e. The molecule has 2 rings (SSSR count). The van der Waals surface area contributed by atoms with Gasteiger partial charge in [0.1, 0.15) is 39.6 Å². The molecule has 4 unspecified atom stereocenters. The number of carbonyl (C=O) groups excluding carboxylic acids is 6. The van der Waals surface area contributed by atoms with Crippen LogP contribution in [0, 0.1) is 21.7 Å². The molecule has 2 aliphatic carbocycles. The monoisotopic (exact) mass is 1180 g/mol. The van der Waals surface area contributed by atoms with E-state index in [-0.39, 0.29) is 99.7 Å². The highest BCUT2D eigenvalue weighted by Gasteiger charge is 2.43. The number of alkyl carbamates (subject to hydrolysis) is 2. The van der Waals surface area contributed by atoms with Crippen LogP contribution < -0.4 is 16.0 Å². The first-order valence-corrected chi connectivity index (χ1v) is 36.6. The molecule has 3 N–H and O–H groups in total. The van der Waals surface area contributed by atoms with Crippen molar-refractivity contribution in [2.75, 3.05) is 79.7 Å². The van der Waals surface area contributed by atoms with Gasteiger partial charge in [-0.05, 0) is 152 Å². The molecule has 4 atom stereocenters. The highest BCUT2D eigenvalue weighted by atomic mass is 28.5. The van der Waals surface area contributed by atoms with Crippen LogP contribution >= 0.6 is 0 Å². The van der Waals surface area contributed by atoms with E-state index < -0.39 is 49.3 Å². The van der Waals surface area contributed by atoms with E-state index in [0.717, 1.165) is 63.5 Å². The third-order valence-corrected chi connectivity index (χ3v) is 24.7. The minimum Gasteiger partial charge on any atom is -0.463 e. The predicted octanol–water partition coefficient (Wildman–Crippen LogP) is 11.2. The average molecular weight is 1180 g/mol. The first-order chi connectivity index (χ1) is 35.5. The molecule has 0 aromatic rings. The molecule has 0 spiro atoms. The van der Waals surface area contributed by atoms with Gasteiger partial charge in [0, 0.05) is 56.3 Å². The lowest BCUT2D eigenvalue weighted by Gasteiger charge is -2.46. The van der Waals surface area contributed by atoms with Gasteiger partial charge in [-0.15, -0.1) is 0 Å². The van der Waals surface area contributed by atoms with Crippen LogP contribution in [0.25, 0.3) is 0 Å². The second kappa shape index (κ2) is 36.7. The third-order valence-electron chi connectivity index (χ3n) is 13.2. The smallest absolute Gasteiger partial charge is 0.407 e. The Kier molecular flexibility index (Phi) is 36.0. The number of rotatable bonds is 33. The van der Waals surface area contributed by atoms with E-state index in [0.29, 0.717) is 57.4 Å². The summed E-state index contributed by atoms with van der Waals surface area (Å²) in [5, 5.41) is 9.22. The molecule has 0 aromatic carbocycles. The summed E-state index contributed by atoms with van der Waals surface area (Å²) < 4.78 is 55.2. The van der Waals surface area contributed by atoms with Crippen LogP contribution in [0.4, 0.5) is 9.59 Å². The van der Waals surface area contributed by atoms with E-state index in [9.17, 15) is 28.8 Å². The second-order valence-corrected chi connectivity index (χ2v) is 37.5. The summed E-state index contributed by atoms with van der Waals surface area (Å²) >= 11 is 0. The zero-order valence-corrected chi connectivity index (χ0v) is 53.4. The zero-order valence-electron chi connectivity index (χ0n) is 50.4. The van der Waals surface area contributed by atoms with Crippen molar-refractivity contribution in [3.63, 3.8) is 0 Å². The number of hydrogen-bond donors (Lipinski definition) is 3. The summed E-state index contributed by atoms with van der Waals surface area (Å²) in [6.07, 6.45) is 7.55. The van der Waals surface area contributed by atoms with Gasteiger partial charge in [0.15, 0.2) is 16.6 Å². The van der Waals surface area contributed by atoms with Crippen molar-refractivity contribution in [1.82, 2.24) is 16.0 Å². The fourth-order valence-corrected chi connectivity index (χ4v) is 25.0. The molecule has 2 saturated carbocycles. The minimum absolute atomic E-state index is 0. The Bertz CT molecular complexity index is 1900. The fourth-order valence-electron chi connectivity index (χ4n) is 11.0. The molecule has 2 aliphatic rings. The molecular weight excluding hydrogens is 1070 g/mol. The Morgan fingerprint density at radius 1 is 0.532 bits per heavy atom. The van der Waals surface area contributed by atoms with E-state index in [4.69, 9.17) is 46.1 Å². The van der Waals surface area contributed by atoms with Crippen LogP contribution in [0.2, 0.25) is 51.4 Å². The summed E-state index contributed by atoms with van der Waals surface area (Å²) in [6.45, 7) is 40.6. The maximum absolute atomic E-state index is 12.7. The normalized spacial score (nSPS) is 20.5. The highest BCUT2D eigenvalue weighted by Crippen LogP contribution is 2.49. The van der Waals surface area contributed by atoms with Crippen molar-refractivity contribution in [1.29, 1.82) is 0 Å². The summed E-state index contributed by atoms with van der Waals surface area (Å²) in [5.74, 6) is -1.51. The van der Waals surface area contributed by atoms with Gasteiger partial charge in [0.25, 0.3) is 0 Å². The molecule has 19 nitrogen and oxygen atoms in total. The molecule has 0 aliphatic heterocycles. The number of carbonyl (C=O) groups is 6. The molecule has 0 saturated heterocycles. The number of nitrogens with one attached hydrogen (secondary N) is 3. The van der Waals surface area contributed by atoms with Gasteiger partial charge >= 0.3 is 44.6 Å². The lowest BCUT2D eigenvalue weighted by Crippen LogP contribution is -2.52. The Morgan fingerprint density at radius 2 is 0.949 bits per heavy atom. The van der Waals surface area contributed by atoms with Gasteiger partial charge in [-0.3, -0.25) is 9.59 Å². The Morgan fingerprint density at radius 3 is 1.43 bits per heavy atom. The first kappa shape index (κ1) is 77.4. The number of esters is 4. The van der Waals surface area contributed by atoms with Gasteiger partial charge in [-0.2, -0.15) is 0 Å². The van der Waals surface area contributed by atoms with E-state index in [1.807, 2.05) is 7.05 Å². The third kappa shape index (κ3) is 37.2. The largest absolute Gasteiger partial charge is 0.463 e. The maximum atomic E-state index is 12.7. The molecule has 22 heteroatoms. The van der Waals surface area contributed by atoms with Crippen molar-refractivity contribution in [2.45, 2.75) is 205 Å². The Hall–Kier alpha value is -3.65. The van der Waals surface area contributed by atoms with Crippen molar-refractivity contribution in [3.05, 3.63) is 24.3 Å². The average Bonchev–Trinajstić information content (AvgIpc) is 3.27. The lowest BCUT2D eigenvalue weighted by atomic mass is 9.61. The summed E-state index contributed by atoms with van der Waals surface area (Å²) in [5.41, 5.74) is 0.698. The molecule has 79 heavy (non-hydrogen) atoms. The van der Waals surface area contributed by atoms with Crippen LogP contribution in [-0.2, 0) is 65.3 Å². The highest BCUT2D eigenvalue weighted by molar-refractivity contribution is 6.87. The van der Waals surface area contributed by atoms with E-state index in [2.05, 4.69) is 110 Å². The predicted molar refractivity (Wildman–Crippen MR) is 319 cm³/mol. The van der Waals surface area contributed by atoms with E-state index in [1.165, 1.54) is 6.92 Å². The van der Waals surface area contributed by atoms with Crippen LogP contribution in [0.1, 0.15) is 141 Å². The molecular formula is C57H111N3O16Si3. The molecule has 0 bridgehead atoms. The van der Waals surface area contributed by atoms with Crippen molar-refractivity contribution in [2.24, 2.45) is 21.7 Å². The summed E-state index contributed by atoms with van der Waals surface area (Å²) in [4.78, 5) is 70.3. The Labute approximate surface area is 480 Å². The quantitative estimate of drug-likeness (QED) is 0.0182. The van der Waals surface area contributed by atoms with Gasteiger partial charge in [-0.1, -0.05) is 69.6 Å². The molecule has 2 amide bonds. The number of amides is 2.